The molecular weight excluding hydrogens is 598 g/mol. The summed E-state index contributed by atoms with van der Waals surface area (Å²) in [6, 6.07) is 13.7. The Morgan fingerprint density at radius 2 is 1.70 bits per heavy atom. The van der Waals surface area contributed by atoms with Crippen molar-refractivity contribution in [2.45, 2.75) is 48.2 Å². The van der Waals surface area contributed by atoms with E-state index in [0.29, 0.717) is 28.8 Å². The first-order chi connectivity index (χ1) is 21.1. The molecule has 5 N–H and O–H groups in total. The van der Waals surface area contributed by atoms with Crippen molar-refractivity contribution in [1.29, 1.82) is 0 Å². The summed E-state index contributed by atoms with van der Waals surface area (Å²) in [6.07, 6.45) is 3.90. The summed E-state index contributed by atoms with van der Waals surface area (Å²) in [6.45, 7) is 8.47. The van der Waals surface area contributed by atoms with Gasteiger partial charge in [-0.2, -0.15) is 0 Å². The number of halogens is 1. The molecule has 6 rings (SSSR count). The molecule has 3 aliphatic rings. The van der Waals surface area contributed by atoms with Crippen LogP contribution in [0.15, 0.2) is 58.6 Å². The van der Waals surface area contributed by atoms with Crippen molar-refractivity contribution in [3.8, 4) is 0 Å². The van der Waals surface area contributed by atoms with Crippen molar-refractivity contribution < 1.29 is 9.59 Å². The third kappa shape index (κ3) is 6.88. The molecule has 0 aliphatic carbocycles. The van der Waals surface area contributed by atoms with Crippen LogP contribution in [0.4, 0.5) is 27.8 Å². The number of nitrogens with zero attached hydrogens (tertiary/aromatic N) is 6. The summed E-state index contributed by atoms with van der Waals surface area (Å²) >= 11 is 8.39. The van der Waals surface area contributed by atoms with Crippen LogP contribution in [0.1, 0.15) is 31.7 Å². The normalized spacial score (nSPS) is 19.3. The second-order valence-electron chi connectivity index (χ2n) is 11.9. The number of aromatic nitrogens is 2. The molecule has 4 heterocycles. The summed E-state index contributed by atoms with van der Waals surface area (Å²) in [5.41, 5.74) is 15.5. The highest BCUT2D eigenvalue weighted by Crippen LogP contribution is 2.40. The molecule has 3 fully saturated rings. The van der Waals surface area contributed by atoms with Gasteiger partial charge >= 0.3 is 6.03 Å². The Morgan fingerprint density at radius 3 is 2.39 bits per heavy atom. The van der Waals surface area contributed by atoms with Gasteiger partial charge in [0.2, 0.25) is 5.91 Å². The van der Waals surface area contributed by atoms with E-state index in [0.717, 1.165) is 80.7 Å². The number of urea groups is 1. The second-order valence-corrected chi connectivity index (χ2v) is 13.3. The topological polar surface area (TPSA) is 137 Å². The number of anilines is 4. The second kappa shape index (κ2) is 12.8. The van der Waals surface area contributed by atoms with Crippen LogP contribution in [0.2, 0.25) is 5.02 Å². The van der Waals surface area contributed by atoms with E-state index >= 15 is 0 Å². The Bertz CT molecular complexity index is 1520. The summed E-state index contributed by atoms with van der Waals surface area (Å²) in [7, 11) is 0. The van der Waals surface area contributed by atoms with Crippen LogP contribution in [0.3, 0.4) is 0 Å². The summed E-state index contributed by atoms with van der Waals surface area (Å²) in [5, 5.41) is 3.70. The largest absolute Gasteiger partial charge is 0.381 e. The van der Waals surface area contributed by atoms with E-state index in [9.17, 15) is 9.59 Å². The summed E-state index contributed by atoms with van der Waals surface area (Å²) < 4.78 is 0. The molecule has 3 aliphatic heterocycles. The molecule has 0 atom stereocenters. The van der Waals surface area contributed by atoms with Crippen molar-refractivity contribution in [2.75, 3.05) is 66.2 Å². The zero-order valence-corrected chi connectivity index (χ0v) is 26.4. The molecule has 3 saturated heterocycles. The Labute approximate surface area is 266 Å². The van der Waals surface area contributed by atoms with Crippen LogP contribution in [0.5, 0.6) is 0 Å². The van der Waals surface area contributed by atoms with Crippen molar-refractivity contribution in [3.63, 3.8) is 0 Å². The van der Waals surface area contributed by atoms with Gasteiger partial charge in [0.15, 0.2) is 5.82 Å². The number of hydrogen-bond donors (Lipinski definition) is 3. The molecule has 0 bridgehead atoms. The number of amides is 3. The van der Waals surface area contributed by atoms with Gasteiger partial charge in [-0.3, -0.25) is 19.9 Å². The predicted octanol–water partition coefficient (Wildman–Crippen LogP) is 3.95. The number of benzene rings is 2. The lowest BCUT2D eigenvalue weighted by atomic mass is 9.91. The quantitative estimate of drug-likeness (QED) is 0.350. The molecule has 0 saturated carbocycles. The van der Waals surface area contributed by atoms with E-state index in [1.54, 1.807) is 11.1 Å². The monoisotopic (exact) mass is 635 g/mol. The van der Waals surface area contributed by atoms with E-state index in [1.165, 1.54) is 17.3 Å². The minimum absolute atomic E-state index is 0.133. The molecular formula is C31H38ClN9O2S. The molecule has 2 aromatic carbocycles. The average molecular weight is 636 g/mol. The lowest BCUT2D eigenvalue weighted by Gasteiger charge is -2.37. The lowest BCUT2D eigenvalue weighted by Crippen LogP contribution is -2.49. The zero-order valence-electron chi connectivity index (χ0n) is 24.8. The smallest absolute Gasteiger partial charge is 0.328 e. The fourth-order valence-electron chi connectivity index (χ4n) is 5.78. The maximum Gasteiger partial charge on any atom is 0.328 e. The number of carbonyl (C=O) groups is 2. The first-order valence-electron chi connectivity index (χ1n) is 15.0. The van der Waals surface area contributed by atoms with E-state index in [2.05, 4.69) is 43.0 Å². The van der Waals surface area contributed by atoms with Gasteiger partial charge in [-0.05, 0) is 49.6 Å². The number of rotatable bonds is 7. The molecule has 0 unspecified atom stereocenters. The van der Waals surface area contributed by atoms with E-state index in [4.69, 9.17) is 23.1 Å². The Morgan fingerprint density at radius 1 is 0.977 bits per heavy atom. The Hall–Kier alpha value is -3.58. The van der Waals surface area contributed by atoms with Gasteiger partial charge in [0.1, 0.15) is 10.8 Å². The van der Waals surface area contributed by atoms with Crippen LogP contribution in [-0.4, -0.2) is 78.2 Å². The van der Waals surface area contributed by atoms with Crippen molar-refractivity contribution in [2.24, 2.45) is 5.73 Å². The van der Waals surface area contributed by atoms with Gasteiger partial charge in [0.05, 0.1) is 16.9 Å². The van der Waals surface area contributed by atoms with Gasteiger partial charge < -0.3 is 21.3 Å². The molecule has 232 valence electrons. The van der Waals surface area contributed by atoms with Crippen LogP contribution in [-0.2, 0) is 11.3 Å². The first kappa shape index (κ1) is 30.4. The highest BCUT2D eigenvalue weighted by atomic mass is 35.5. The number of nitrogen functional groups attached to an aromatic ring is 1. The summed E-state index contributed by atoms with van der Waals surface area (Å²) in [5.74, 6) is 0.945. The highest BCUT2D eigenvalue weighted by molar-refractivity contribution is 7.99. The Balaban J connectivity index is 1.04. The predicted molar refractivity (Wildman–Crippen MR) is 175 cm³/mol. The Kier molecular flexibility index (Phi) is 8.86. The average Bonchev–Trinajstić information content (AvgIpc) is 3.00. The van der Waals surface area contributed by atoms with Gasteiger partial charge in [-0.1, -0.05) is 41.6 Å². The van der Waals surface area contributed by atoms with E-state index in [1.807, 2.05) is 36.4 Å². The van der Waals surface area contributed by atoms with Gasteiger partial charge in [-0.25, -0.2) is 14.8 Å². The number of carbonyl (C=O) groups excluding carboxylic acids is 2. The van der Waals surface area contributed by atoms with E-state index < -0.39 is 0 Å². The third-order valence-electron chi connectivity index (χ3n) is 8.55. The standard InChI is InChI=1S/C31H38ClN9O2S/c1-31(34)10-13-40(14-11-31)25-19-35-29(28(33)36-25)44-24-4-2-3-23(27(24)32)39-17-15-38(16-18-39)20-21-5-7-22(8-6-21)41-12-9-26(42)37-30(41)43/h2-8,19H,9-18,20,34H2,1H3,(H2,33,36)(H,37,42,43). The molecule has 1 aromatic heterocycles. The van der Waals surface area contributed by atoms with Crippen LogP contribution in [0, 0.1) is 0 Å². The number of nitrogens with one attached hydrogen (secondary N) is 1. The zero-order chi connectivity index (χ0) is 30.8. The molecule has 11 nitrogen and oxygen atoms in total. The molecule has 13 heteroatoms. The fourth-order valence-corrected chi connectivity index (χ4v) is 6.95. The number of nitrogens with two attached hydrogens (primary N) is 2. The van der Waals surface area contributed by atoms with Gasteiger partial charge in [0, 0.05) is 74.9 Å². The van der Waals surface area contributed by atoms with Crippen molar-refractivity contribution >= 4 is 58.3 Å². The number of piperidine rings is 1. The minimum atomic E-state index is -0.367. The molecule has 3 aromatic rings. The SMILES string of the molecule is CC1(N)CCN(c2cnc(Sc3cccc(N4CCN(Cc5ccc(N6CCC(=O)NC6=O)cc5)CC4)c3Cl)c(N)n2)CC1. The van der Waals surface area contributed by atoms with Crippen LogP contribution >= 0.6 is 23.4 Å². The van der Waals surface area contributed by atoms with Crippen LogP contribution < -0.4 is 31.5 Å². The molecule has 3 amide bonds. The molecule has 0 radical (unpaired) electrons. The number of hydrogen-bond acceptors (Lipinski definition) is 10. The van der Waals surface area contributed by atoms with Crippen molar-refractivity contribution in [3.05, 3.63) is 59.2 Å². The lowest BCUT2D eigenvalue weighted by molar-refractivity contribution is -0.120. The maximum atomic E-state index is 12.1. The number of imide groups is 1. The minimum Gasteiger partial charge on any atom is -0.381 e. The fraction of sp³-hybridized carbons (Fsp3) is 0.419. The molecule has 44 heavy (non-hydrogen) atoms. The van der Waals surface area contributed by atoms with Gasteiger partial charge in [-0.15, -0.1) is 0 Å². The first-order valence-corrected chi connectivity index (χ1v) is 16.1. The molecule has 0 spiro atoms. The third-order valence-corrected chi connectivity index (χ3v) is 10.1. The van der Waals surface area contributed by atoms with Crippen molar-refractivity contribution in [1.82, 2.24) is 20.2 Å². The van der Waals surface area contributed by atoms with Gasteiger partial charge in [0.25, 0.3) is 0 Å². The van der Waals surface area contributed by atoms with E-state index in [-0.39, 0.29) is 17.5 Å². The number of piperazine rings is 1. The highest BCUT2D eigenvalue weighted by Gasteiger charge is 2.28. The maximum absolute atomic E-state index is 12.1. The summed E-state index contributed by atoms with van der Waals surface area (Å²) in [4.78, 5) is 42.3. The van der Waals surface area contributed by atoms with Crippen LogP contribution in [0.25, 0.3) is 0 Å².